The van der Waals surface area contributed by atoms with Crippen LogP contribution >= 0.6 is 0 Å². The Morgan fingerprint density at radius 2 is 2.14 bits per heavy atom. The smallest absolute Gasteiger partial charge is 0.260 e. The molecule has 1 saturated heterocycles. The maximum atomic E-state index is 12.6. The van der Waals surface area contributed by atoms with E-state index in [1.54, 1.807) is 22.6 Å². The molecule has 1 unspecified atom stereocenters. The van der Waals surface area contributed by atoms with Gasteiger partial charge in [0.1, 0.15) is 0 Å². The second-order valence-corrected chi connectivity index (χ2v) is 7.58. The lowest BCUT2D eigenvalue weighted by molar-refractivity contribution is 0.399. The van der Waals surface area contributed by atoms with Crippen LogP contribution in [0.25, 0.3) is 0 Å². The maximum absolute atomic E-state index is 12.6. The summed E-state index contributed by atoms with van der Waals surface area (Å²) in [6.45, 7) is 3.76. The fourth-order valence-electron chi connectivity index (χ4n) is 2.89. The molecule has 0 amide bonds. The lowest BCUT2D eigenvalue weighted by Gasteiger charge is -2.19. The fourth-order valence-corrected chi connectivity index (χ4v) is 4.30. The van der Waals surface area contributed by atoms with Gasteiger partial charge in [0.2, 0.25) is 0 Å². The molecular weight excluding hydrogens is 286 g/mol. The van der Waals surface area contributed by atoms with E-state index >= 15 is 0 Å². The summed E-state index contributed by atoms with van der Waals surface area (Å²) in [5.74, 6) is 0.655. The number of aromatic nitrogens is 1. The Balaban J connectivity index is 2.11. The molecule has 0 radical (unpaired) electrons. The van der Waals surface area contributed by atoms with Crippen molar-refractivity contribution in [2.45, 2.75) is 50.6 Å². The van der Waals surface area contributed by atoms with E-state index < -0.39 is 10.0 Å². The summed E-state index contributed by atoms with van der Waals surface area (Å²) >= 11 is 0. The number of sulfonamides is 1. The van der Waals surface area contributed by atoms with Crippen molar-refractivity contribution in [3.05, 3.63) is 23.9 Å². The van der Waals surface area contributed by atoms with Crippen LogP contribution in [0.1, 0.15) is 44.6 Å². The largest absolute Gasteiger partial charge is 0.326 e. The van der Waals surface area contributed by atoms with E-state index in [4.69, 9.17) is 5.73 Å². The third-order valence-corrected chi connectivity index (χ3v) is 5.96. The molecule has 2 N–H and O–H groups in total. The molecule has 0 bridgehead atoms. The number of rotatable bonds is 5. The topological polar surface area (TPSA) is 76.3 Å². The molecule has 0 saturated carbocycles. The van der Waals surface area contributed by atoms with Crippen LogP contribution < -0.4 is 5.73 Å². The third kappa shape index (κ3) is 4.02. The second-order valence-electron chi connectivity index (χ2n) is 5.70. The van der Waals surface area contributed by atoms with Gasteiger partial charge in [0, 0.05) is 25.8 Å². The Labute approximate surface area is 127 Å². The van der Waals surface area contributed by atoms with Gasteiger partial charge in [-0.25, -0.2) is 13.4 Å². The van der Waals surface area contributed by atoms with Crippen molar-refractivity contribution >= 4 is 10.0 Å². The van der Waals surface area contributed by atoms with E-state index in [-0.39, 0.29) is 5.03 Å². The van der Waals surface area contributed by atoms with Crippen LogP contribution in [-0.2, 0) is 16.6 Å². The van der Waals surface area contributed by atoms with Gasteiger partial charge in [-0.1, -0.05) is 25.8 Å². The molecule has 118 valence electrons. The van der Waals surface area contributed by atoms with Gasteiger partial charge in [0.15, 0.2) is 5.03 Å². The molecule has 1 aromatic rings. The van der Waals surface area contributed by atoms with Crippen molar-refractivity contribution in [3.63, 3.8) is 0 Å². The molecule has 1 atom stereocenters. The van der Waals surface area contributed by atoms with Crippen LogP contribution in [0.5, 0.6) is 0 Å². The summed E-state index contributed by atoms with van der Waals surface area (Å²) in [6.07, 6.45) is 6.92. The molecule has 2 heterocycles. The molecule has 6 heteroatoms. The summed E-state index contributed by atoms with van der Waals surface area (Å²) in [7, 11) is -3.47. The molecule has 2 rings (SSSR count). The average Bonchev–Trinajstić information content (AvgIpc) is 2.74. The summed E-state index contributed by atoms with van der Waals surface area (Å²) in [6, 6.07) is 3.30. The van der Waals surface area contributed by atoms with E-state index in [0.717, 1.165) is 24.8 Å². The zero-order chi connectivity index (χ0) is 15.3. The van der Waals surface area contributed by atoms with Crippen LogP contribution in [0.2, 0.25) is 0 Å². The van der Waals surface area contributed by atoms with Crippen LogP contribution in [0, 0.1) is 5.92 Å². The fraction of sp³-hybridized carbons (Fsp3) is 0.667. The zero-order valence-corrected chi connectivity index (χ0v) is 13.5. The quantitative estimate of drug-likeness (QED) is 0.904. The summed E-state index contributed by atoms with van der Waals surface area (Å²) < 4.78 is 26.9. The van der Waals surface area contributed by atoms with Crippen molar-refractivity contribution < 1.29 is 8.42 Å². The SMILES string of the molecule is CCCC1CCCN(S(=O)(=O)c2ccc(CN)cn2)CC1. The summed E-state index contributed by atoms with van der Waals surface area (Å²) in [5.41, 5.74) is 6.36. The van der Waals surface area contributed by atoms with Gasteiger partial charge >= 0.3 is 0 Å². The second kappa shape index (κ2) is 7.33. The van der Waals surface area contributed by atoms with Gasteiger partial charge in [-0.3, -0.25) is 0 Å². The highest BCUT2D eigenvalue weighted by atomic mass is 32.2. The van der Waals surface area contributed by atoms with E-state index in [9.17, 15) is 8.42 Å². The summed E-state index contributed by atoms with van der Waals surface area (Å²) in [5, 5.41) is 0.133. The van der Waals surface area contributed by atoms with Crippen LogP contribution in [0.3, 0.4) is 0 Å². The predicted molar refractivity (Wildman–Crippen MR) is 83.1 cm³/mol. The summed E-state index contributed by atoms with van der Waals surface area (Å²) in [4.78, 5) is 4.07. The van der Waals surface area contributed by atoms with Crippen molar-refractivity contribution in [1.82, 2.24) is 9.29 Å². The number of hydrogen-bond acceptors (Lipinski definition) is 4. The molecule has 1 aliphatic heterocycles. The van der Waals surface area contributed by atoms with E-state index in [2.05, 4.69) is 11.9 Å². The average molecular weight is 311 g/mol. The van der Waals surface area contributed by atoms with Crippen LogP contribution in [0.15, 0.2) is 23.4 Å². The van der Waals surface area contributed by atoms with Crippen molar-refractivity contribution in [1.29, 1.82) is 0 Å². The monoisotopic (exact) mass is 311 g/mol. The van der Waals surface area contributed by atoms with E-state index in [1.807, 2.05) is 0 Å². The lowest BCUT2D eigenvalue weighted by Crippen LogP contribution is -2.32. The van der Waals surface area contributed by atoms with Gasteiger partial charge in [-0.05, 0) is 36.8 Å². The number of hydrogen-bond donors (Lipinski definition) is 1. The lowest BCUT2D eigenvalue weighted by atomic mass is 9.96. The highest BCUT2D eigenvalue weighted by molar-refractivity contribution is 7.89. The van der Waals surface area contributed by atoms with E-state index in [0.29, 0.717) is 25.6 Å². The van der Waals surface area contributed by atoms with Crippen LogP contribution in [-0.4, -0.2) is 30.8 Å². The van der Waals surface area contributed by atoms with Gasteiger partial charge in [0.05, 0.1) is 0 Å². The number of pyridine rings is 1. The normalized spacial score (nSPS) is 21.1. The molecule has 0 spiro atoms. The zero-order valence-electron chi connectivity index (χ0n) is 12.7. The highest BCUT2D eigenvalue weighted by Crippen LogP contribution is 2.25. The number of nitrogens with zero attached hydrogens (tertiary/aromatic N) is 2. The standard InChI is InChI=1S/C15H25N3O2S/c1-2-4-13-5-3-9-18(10-8-13)21(19,20)15-7-6-14(11-16)12-17-15/h6-7,12-13H,2-5,8-11,16H2,1H3. The molecule has 1 aromatic heterocycles. The Morgan fingerprint density at radius 3 is 2.76 bits per heavy atom. The van der Waals surface area contributed by atoms with Crippen molar-refractivity contribution in [2.24, 2.45) is 11.7 Å². The first-order valence-corrected chi connectivity index (χ1v) is 9.17. The van der Waals surface area contributed by atoms with Gasteiger partial charge in [0.25, 0.3) is 10.0 Å². The first-order chi connectivity index (χ1) is 10.1. The third-order valence-electron chi connectivity index (χ3n) is 4.14. The van der Waals surface area contributed by atoms with Crippen molar-refractivity contribution in [2.75, 3.05) is 13.1 Å². The van der Waals surface area contributed by atoms with Crippen LogP contribution in [0.4, 0.5) is 0 Å². The van der Waals surface area contributed by atoms with Gasteiger partial charge in [-0.2, -0.15) is 4.31 Å². The minimum atomic E-state index is -3.47. The minimum Gasteiger partial charge on any atom is -0.326 e. The Kier molecular flexibility index (Phi) is 5.72. The molecular formula is C15H25N3O2S. The molecule has 1 fully saturated rings. The minimum absolute atomic E-state index is 0.133. The Hall–Kier alpha value is -0.980. The molecule has 1 aliphatic rings. The molecule has 0 aromatic carbocycles. The van der Waals surface area contributed by atoms with Crippen molar-refractivity contribution in [3.8, 4) is 0 Å². The Morgan fingerprint density at radius 1 is 1.33 bits per heavy atom. The first-order valence-electron chi connectivity index (χ1n) is 7.73. The molecule has 21 heavy (non-hydrogen) atoms. The Bertz CT molecular complexity index is 543. The highest BCUT2D eigenvalue weighted by Gasteiger charge is 2.28. The number of nitrogens with two attached hydrogens (primary N) is 1. The van der Waals surface area contributed by atoms with Gasteiger partial charge in [-0.15, -0.1) is 0 Å². The van der Waals surface area contributed by atoms with E-state index in [1.165, 1.54) is 12.8 Å². The molecule has 0 aliphatic carbocycles. The predicted octanol–water partition coefficient (Wildman–Crippen LogP) is 2.13. The molecule has 5 nitrogen and oxygen atoms in total. The maximum Gasteiger partial charge on any atom is 0.260 e. The van der Waals surface area contributed by atoms with Gasteiger partial charge < -0.3 is 5.73 Å². The first kappa shape index (κ1) is 16.4.